The van der Waals surface area contributed by atoms with Gasteiger partial charge in [-0.05, 0) is 23.3 Å². The van der Waals surface area contributed by atoms with Crippen molar-refractivity contribution in [2.24, 2.45) is 0 Å². The predicted molar refractivity (Wildman–Crippen MR) is 86.7 cm³/mol. The number of hydrogen-bond donors (Lipinski definition) is 1. The van der Waals surface area contributed by atoms with Crippen molar-refractivity contribution in [2.45, 2.75) is 12.5 Å². The van der Waals surface area contributed by atoms with Crippen LogP contribution >= 0.6 is 11.8 Å². The summed E-state index contributed by atoms with van der Waals surface area (Å²) < 4.78 is 19.1. The first-order valence-electron chi connectivity index (χ1n) is 7.07. The number of ether oxygens (including phenoxy) is 1. The van der Waals surface area contributed by atoms with Crippen molar-refractivity contribution in [1.29, 1.82) is 0 Å². The molecule has 0 aromatic heterocycles. The summed E-state index contributed by atoms with van der Waals surface area (Å²) in [4.78, 5) is 11.7. The third-order valence-corrected chi connectivity index (χ3v) is 4.81. The molecule has 0 spiro atoms. The van der Waals surface area contributed by atoms with Gasteiger partial charge in [-0.15, -0.1) is 0 Å². The Morgan fingerprint density at radius 1 is 1.23 bits per heavy atom. The third-order valence-electron chi connectivity index (χ3n) is 3.54. The van der Waals surface area contributed by atoms with E-state index < -0.39 is 6.09 Å². The van der Waals surface area contributed by atoms with E-state index in [2.05, 4.69) is 5.32 Å². The second kappa shape index (κ2) is 6.83. The van der Waals surface area contributed by atoms with E-state index in [1.807, 2.05) is 42.1 Å². The zero-order valence-corrected chi connectivity index (χ0v) is 12.7. The average Bonchev–Trinajstić information content (AvgIpc) is 2.47. The lowest BCUT2D eigenvalue weighted by atomic mass is 10.0. The van der Waals surface area contributed by atoms with Crippen LogP contribution in [0.15, 0.2) is 48.5 Å². The van der Waals surface area contributed by atoms with Crippen molar-refractivity contribution >= 4 is 23.5 Å². The van der Waals surface area contributed by atoms with Gasteiger partial charge in [0.1, 0.15) is 12.4 Å². The Balaban J connectivity index is 1.56. The topological polar surface area (TPSA) is 38.3 Å². The molecule has 2 aromatic rings. The van der Waals surface area contributed by atoms with Gasteiger partial charge in [0.05, 0.1) is 0 Å². The number of hydrogen-bond acceptors (Lipinski definition) is 3. The van der Waals surface area contributed by atoms with E-state index in [9.17, 15) is 9.18 Å². The summed E-state index contributed by atoms with van der Waals surface area (Å²) >= 11 is 1.81. The Labute approximate surface area is 132 Å². The molecule has 5 heteroatoms. The summed E-state index contributed by atoms with van der Waals surface area (Å²) in [5.41, 5.74) is 2.04. The molecule has 22 heavy (non-hydrogen) atoms. The van der Waals surface area contributed by atoms with E-state index >= 15 is 0 Å². The molecule has 114 valence electrons. The molecule has 1 N–H and O–H groups in total. The zero-order chi connectivity index (χ0) is 15.4. The summed E-state index contributed by atoms with van der Waals surface area (Å²) in [6, 6.07) is 14.2. The van der Waals surface area contributed by atoms with Crippen molar-refractivity contribution in [2.75, 3.05) is 16.8 Å². The highest BCUT2D eigenvalue weighted by Crippen LogP contribution is 2.35. The lowest BCUT2D eigenvalue weighted by Crippen LogP contribution is -2.18. The Morgan fingerprint density at radius 3 is 2.64 bits per heavy atom. The minimum Gasteiger partial charge on any atom is -0.444 e. The molecule has 0 saturated carbocycles. The van der Waals surface area contributed by atoms with Crippen LogP contribution in [0.25, 0.3) is 0 Å². The Morgan fingerprint density at radius 2 is 2.00 bits per heavy atom. The molecule has 1 heterocycles. The van der Waals surface area contributed by atoms with Crippen molar-refractivity contribution < 1.29 is 13.9 Å². The van der Waals surface area contributed by atoms with Crippen LogP contribution in [0.4, 0.5) is 14.9 Å². The van der Waals surface area contributed by atoms with E-state index in [1.54, 1.807) is 12.1 Å². The number of thioether (sulfide) groups is 1. The largest absolute Gasteiger partial charge is 0.444 e. The van der Waals surface area contributed by atoms with E-state index in [-0.39, 0.29) is 12.4 Å². The first-order valence-corrected chi connectivity index (χ1v) is 8.23. The second-order valence-corrected chi connectivity index (χ2v) is 6.23. The first-order chi connectivity index (χ1) is 10.7. The zero-order valence-electron chi connectivity index (χ0n) is 11.9. The highest BCUT2D eigenvalue weighted by atomic mass is 32.2. The number of amides is 1. The second-order valence-electron chi connectivity index (χ2n) is 5.16. The molecule has 1 aliphatic rings. The maximum atomic E-state index is 14.0. The molecule has 1 aliphatic heterocycles. The maximum absolute atomic E-state index is 14.0. The van der Waals surface area contributed by atoms with Gasteiger partial charge in [0, 0.05) is 23.1 Å². The van der Waals surface area contributed by atoms with Crippen LogP contribution in [0.2, 0.25) is 0 Å². The van der Waals surface area contributed by atoms with Crippen molar-refractivity contribution in [3.8, 4) is 0 Å². The van der Waals surface area contributed by atoms with Gasteiger partial charge in [0.15, 0.2) is 0 Å². The number of rotatable bonds is 4. The van der Waals surface area contributed by atoms with E-state index in [4.69, 9.17) is 4.74 Å². The summed E-state index contributed by atoms with van der Waals surface area (Å²) in [6.07, 6.45) is -0.588. The quantitative estimate of drug-likeness (QED) is 0.908. The lowest BCUT2D eigenvalue weighted by molar-refractivity contribution is 0.155. The van der Waals surface area contributed by atoms with Crippen molar-refractivity contribution in [1.82, 2.24) is 0 Å². The predicted octanol–water partition coefficient (Wildman–Crippen LogP) is 4.40. The molecule has 0 radical (unpaired) electrons. The highest BCUT2D eigenvalue weighted by Gasteiger charge is 2.23. The van der Waals surface area contributed by atoms with Gasteiger partial charge in [0.25, 0.3) is 0 Å². The van der Waals surface area contributed by atoms with Gasteiger partial charge in [0.2, 0.25) is 0 Å². The maximum Gasteiger partial charge on any atom is 0.411 e. The van der Waals surface area contributed by atoms with E-state index in [1.165, 1.54) is 6.07 Å². The molecule has 1 amide bonds. The molecule has 0 bridgehead atoms. The molecule has 1 fully saturated rings. The molecule has 0 aliphatic carbocycles. The first kappa shape index (κ1) is 14.9. The fourth-order valence-corrected chi connectivity index (χ4v) is 3.06. The monoisotopic (exact) mass is 317 g/mol. The fourth-order valence-electron chi connectivity index (χ4n) is 2.23. The average molecular weight is 317 g/mol. The van der Waals surface area contributed by atoms with Gasteiger partial charge < -0.3 is 4.74 Å². The van der Waals surface area contributed by atoms with Crippen molar-refractivity contribution in [3.63, 3.8) is 0 Å². The van der Waals surface area contributed by atoms with Gasteiger partial charge in [-0.3, -0.25) is 5.32 Å². The standard InChI is InChI=1S/C17H16FNO2S/c18-16-8-14(6-7-15(16)13-10-22-11-13)19-17(20)21-9-12-4-2-1-3-5-12/h1-8,13H,9-11H2,(H,19,20). The number of carbonyl (C=O) groups excluding carboxylic acids is 1. The summed E-state index contributed by atoms with van der Waals surface area (Å²) in [6.45, 7) is 0.187. The number of benzene rings is 2. The minimum absolute atomic E-state index is 0.187. The number of carbonyl (C=O) groups is 1. The summed E-state index contributed by atoms with van der Waals surface area (Å²) in [5.74, 6) is 1.95. The van der Waals surface area contributed by atoms with Gasteiger partial charge in [-0.2, -0.15) is 11.8 Å². The number of anilines is 1. The van der Waals surface area contributed by atoms with Gasteiger partial charge in [-0.25, -0.2) is 9.18 Å². The molecule has 2 aromatic carbocycles. The van der Waals surface area contributed by atoms with Gasteiger partial charge in [-0.1, -0.05) is 36.4 Å². The van der Waals surface area contributed by atoms with Crippen LogP contribution < -0.4 is 5.32 Å². The summed E-state index contributed by atoms with van der Waals surface area (Å²) in [7, 11) is 0. The van der Waals surface area contributed by atoms with E-state index in [0.717, 1.165) is 22.6 Å². The Bertz CT molecular complexity index is 659. The molecule has 3 nitrogen and oxygen atoms in total. The van der Waals surface area contributed by atoms with E-state index in [0.29, 0.717) is 11.6 Å². The number of halogens is 1. The van der Waals surface area contributed by atoms with Crippen LogP contribution in [-0.4, -0.2) is 17.6 Å². The Hall–Kier alpha value is -2.01. The van der Waals surface area contributed by atoms with Crippen LogP contribution in [0.3, 0.4) is 0 Å². The van der Waals surface area contributed by atoms with Crippen LogP contribution in [0, 0.1) is 5.82 Å². The third kappa shape index (κ3) is 3.60. The normalized spacial score (nSPS) is 14.2. The molecule has 1 saturated heterocycles. The molecule has 0 unspecified atom stereocenters. The number of nitrogens with one attached hydrogen (secondary N) is 1. The van der Waals surface area contributed by atoms with Crippen LogP contribution in [0.5, 0.6) is 0 Å². The molecular formula is C17H16FNO2S. The molecule has 3 rings (SSSR count). The SMILES string of the molecule is O=C(Nc1ccc(C2CSC2)c(F)c1)OCc1ccccc1. The summed E-state index contributed by atoms with van der Waals surface area (Å²) in [5, 5.41) is 2.55. The molecule has 0 atom stereocenters. The molecular weight excluding hydrogens is 301 g/mol. The minimum atomic E-state index is -0.588. The van der Waals surface area contributed by atoms with Crippen molar-refractivity contribution in [3.05, 3.63) is 65.5 Å². The van der Waals surface area contributed by atoms with Gasteiger partial charge >= 0.3 is 6.09 Å². The fraction of sp³-hybridized carbons (Fsp3) is 0.235. The van der Waals surface area contributed by atoms with Crippen LogP contribution in [-0.2, 0) is 11.3 Å². The lowest BCUT2D eigenvalue weighted by Gasteiger charge is -2.25. The van der Waals surface area contributed by atoms with Crippen LogP contribution in [0.1, 0.15) is 17.0 Å². The smallest absolute Gasteiger partial charge is 0.411 e. The highest BCUT2D eigenvalue weighted by molar-refractivity contribution is 8.00. The Kier molecular flexibility index (Phi) is 4.63.